The van der Waals surface area contributed by atoms with Gasteiger partial charge in [0, 0.05) is 6.54 Å². The molecular formula is C15H12N4S2. The molecule has 4 rings (SSSR count). The summed E-state index contributed by atoms with van der Waals surface area (Å²) in [4.78, 5) is 7.99. The molecule has 6 heteroatoms. The average molecular weight is 312 g/mol. The molecule has 4 nitrogen and oxygen atoms in total. The predicted octanol–water partition coefficient (Wildman–Crippen LogP) is 4.58. The maximum atomic E-state index is 4.53. The van der Waals surface area contributed by atoms with Crippen LogP contribution >= 0.6 is 23.1 Å². The van der Waals surface area contributed by atoms with E-state index in [0.717, 1.165) is 34.7 Å². The van der Waals surface area contributed by atoms with E-state index in [2.05, 4.69) is 37.6 Å². The predicted molar refractivity (Wildman–Crippen MR) is 88.8 cm³/mol. The van der Waals surface area contributed by atoms with Gasteiger partial charge in [-0.15, -0.1) is 21.6 Å². The maximum absolute atomic E-state index is 4.53. The second kappa shape index (κ2) is 5.46. The number of amidine groups is 1. The van der Waals surface area contributed by atoms with Crippen molar-refractivity contribution in [2.75, 3.05) is 13.1 Å². The molecule has 0 saturated heterocycles. The van der Waals surface area contributed by atoms with Crippen LogP contribution in [0.5, 0.6) is 0 Å². The maximum Gasteiger partial charge on any atom is 0.170 e. The molecule has 0 radical (unpaired) electrons. The Bertz CT molecular complexity index is 732. The van der Waals surface area contributed by atoms with Gasteiger partial charge in [0.15, 0.2) is 10.2 Å². The molecule has 0 N–H and O–H groups in total. The Morgan fingerprint density at radius 1 is 1.05 bits per heavy atom. The van der Waals surface area contributed by atoms with E-state index >= 15 is 0 Å². The molecule has 1 aromatic heterocycles. The van der Waals surface area contributed by atoms with E-state index in [4.69, 9.17) is 0 Å². The number of hydrogen-bond acceptors (Lipinski definition) is 6. The smallest absolute Gasteiger partial charge is 0.170 e. The molecule has 2 aliphatic rings. The van der Waals surface area contributed by atoms with Gasteiger partial charge in [0.25, 0.3) is 0 Å². The van der Waals surface area contributed by atoms with E-state index in [-0.39, 0.29) is 0 Å². The minimum absolute atomic E-state index is 0.861. The Balaban J connectivity index is 1.72. The number of aliphatic imine (C=N–C) groups is 1. The Hall–Kier alpha value is -1.92. The number of rotatable bonds is 3. The lowest BCUT2D eigenvalue weighted by Crippen LogP contribution is -2.19. The molecule has 0 amide bonds. The fourth-order valence-electron chi connectivity index (χ4n) is 2.29. The summed E-state index contributed by atoms with van der Waals surface area (Å²) in [7, 11) is 0. The van der Waals surface area contributed by atoms with Crippen LogP contribution in [-0.4, -0.2) is 23.2 Å². The second-order valence-corrected chi connectivity index (χ2v) is 6.49. The summed E-state index contributed by atoms with van der Waals surface area (Å²) in [6, 6.07) is 14.0. The van der Waals surface area contributed by atoms with Gasteiger partial charge in [0.05, 0.1) is 22.8 Å². The van der Waals surface area contributed by atoms with E-state index in [1.165, 1.54) is 4.88 Å². The molecule has 2 aromatic rings. The highest BCUT2D eigenvalue weighted by Gasteiger charge is 2.33. The fourth-order valence-corrected chi connectivity index (χ4v) is 4.15. The van der Waals surface area contributed by atoms with Crippen LogP contribution in [0.25, 0.3) is 5.70 Å². The summed E-state index contributed by atoms with van der Waals surface area (Å²) in [6.07, 6.45) is 0. The lowest BCUT2D eigenvalue weighted by atomic mass is 10.3. The van der Waals surface area contributed by atoms with Gasteiger partial charge in [-0.1, -0.05) is 24.3 Å². The summed E-state index contributed by atoms with van der Waals surface area (Å²) in [5.41, 5.74) is 2.01. The minimum atomic E-state index is 0.861. The number of thiophene rings is 1. The first-order valence-corrected chi connectivity index (χ1v) is 8.36. The number of thioether (sulfide) groups is 1. The van der Waals surface area contributed by atoms with Crippen molar-refractivity contribution in [3.8, 4) is 0 Å². The summed E-state index contributed by atoms with van der Waals surface area (Å²) in [5.74, 6) is 0. The molecule has 104 valence electrons. The third-order valence-electron chi connectivity index (χ3n) is 3.23. The normalized spacial score (nSPS) is 17.7. The van der Waals surface area contributed by atoms with Gasteiger partial charge < -0.3 is 4.90 Å². The molecule has 0 unspecified atom stereocenters. The van der Waals surface area contributed by atoms with Gasteiger partial charge in [-0.3, -0.25) is 4.99 Å². The molecule has 3 heterocycles. The molecule has 0 fully saturated rings. The largest absolute Gasteiger partial charge is 0.315 e. The van der Waals surface area contributed by atoms with Gasteiger partial charge in [0.2, 0.25) is 0 Å². The Morgan fingerprint density at radius 3 is 2.76 bits per heavy atom. The lowest BCUT2D eigenvalue weighted by Gasteiger charge is -2.14. The SMILES string of the molecule is c1ccc(N=NC2=C(c3cccs3)N3CCN=C3S2)cc1. The minimum Gasteiger partial charge on any atom is -0.315 e. The first-order valence-electron chi connectivity index (χ1n) is 6.66. The lowest BCUT2D eigenvalue weighted by molar-refractivity contribution is 0.649. The third-order valence-corrected chi connectivity index (χ3v) is 5.11. The topological polar surface area (TPSA) is 40.3 Å². The van der Waals surface area contributed by atoms with Crippen LogP contribution < -0.4 is 0 Å². The van der Waals surface area contributed by atoms with E-state index in [1.807, 2.05) is 30.3 Å². The molecule has 0 aliphatic carbocycles. The molecule has 21 heavy (non-hydrogen) atoms. The summed E-state index contributed by atoms with van der Waals surface area (Å²) in [5, 5.41) is 12.9. The number of fused-ring (bicyclic) bond motifs is 1. The zero-order valence-corrected chi connectivity index (χ0v) is 12.8. The fraction of sp³-hybridized carbons (Fsp3) is 0.133. The zero-order valence-electron chi connectivity index (χ0n) is 11.1. The van der Waals surface area contributed by atoms with E-state index in [0.29, 0.717) is 0 Å². The molecule has 0 bridgehead atoms. The Kier molecular flexibility index (Phi) is 3.33. The number of hydrogen-bond donors (Lipinski definition) is 0. The number of benzene rings is 1. The van der Waals surface area contributed by atoms with Crippen LogP contribution in [0.15, 0.2) is 68.1 Å². The number of azo groups is 1. The van der Waals surface area contributed by atoms with Crippen LogP contribution in [0.2, 0.25) is 0 Å². The van der Waals surface area contributed by atoms with Gasteiger partial charge in [0.1, 0.15) is 0 Å². The van der Waals surface area contributed by atoms with E-state index in [9.17, 15) is 0 Å². The van der Waals surface area contributed by atoms with Crippen LogP contribution in [0.3, 0.4) is 0 Å². The van der Waals surface area contributed by atoms with Crippen LogP contribution in [0, 0.1) is 0 Å². The standard InChI is InChI=1S/C15H12N4S2/c1-2-5-11(6-3-1)17-18-14-13(12-7-4-10-20-12)19-9-8-16-15(19)21-14/h1-7,10H,8-9H2. The van der Waals surface area contributed by atoms with Crippen LogP contribution in [-0.2, 0) is 0 Å². The molecule has 1 aromatic carbocycles. The van der Waals surface area contributed by atoms with E-state index < -0.39 is 0 Å². The quantitative estimate of drug-likeness (QED) is 0.779. The van der Waals surface area contributed by atoms with Crippen molar-refractivity contribution in [1.29, 1.82) is 0 Å². The van der Waals surface area contributed by atoms with Gasteiger partial charge in [-0.25, -0.2) is 0 Å². The second-order valence-electron chi connectivity index (χ2n) is 4.58. The average Bonchev–Trinajstić information content (AvgIpc) is 3.22. The number of nitrogens with zero attached hydrogens (tertiary/aromatic N) is 4. The molecule has 0 atom stereocenters. The van der Waals surface area contributed by atoms with Crippen molar-refractivity contribution in [3.05, 3.63) is 57.8 Å². The molecule has 0 saturated carbocycles. The Labute approximate surface area is 130 Å². The van der Waals surface area contributed by atoms with Crippen LogP contribution in [0.1, 0.15) is 4.88 Å². The van der Waals surface area contributed by atoms with Gasteiger partial charge >= 0.3 is 0 Å². The molecular weight excluding hydrogens is 300 g/mol. The third kappa shape index (κ3) is 2.41. The highest BCUT2D eigenvalue weighted by molar-refractivity contribution is 8.17. The summed E-state index contributed by atoms with van der Waals surface area (Å²) >= 11 is 3.33. The van der Waals surface area contributed by atoms with Crippen LogP contribution in [0.4, 0.5) is 5.69 Å². The summed E-state index contributed by atoms with van der Waals surface area (Å²) in [6.45, 7) is 1.79. The molecule has 2 aliphatic heterocycles. The van der Waals surface area contributed by atoms with Crippen molar-refractivity contribution in [3.63, 3.8) is 0 Å². The molecule has 0 spiro atoms. The summed E-state index contributed by atoms with van der Waals surface area (Å²) < 4.78 is 0. The Morgan fingerprint density at radius 2 is 1.95 bits per heavy atom. The van der Waals surface area contributed by atoms with Gasteiger partial charge in [-0.05, 0) is 35.3 Å². The first-order chi connectivity index (χ1) is 10.4. The van der Waals surface area contributed by atoms with E-state index in [1.54, 1.807) is 23.1 Å². The van der Waals surface area contributed by atoms with Crippen molar-refractivity contribution >= 4 is 39.7 Å². The van der Waals surface area contributed by atoms with Gasteiger partial charge in [-0.2, -0.15) is 0 Å². The zero-order chi connectivity index (χ0) is 14.1. The van der Waals surface area contributed by atoms with Crippen molar-refractivity contribution in [2.24, 2.45) is 15.2 Å². The monoisotopic (exact) mass is 312 g/mol. The first kappa shape index (κ1) is 12.8. The van der Waals surface area contributed by atoms with Crippen molar-refractivity contribution in [1.82, 2.24) is 4.90 Å². The highest BCUT2D eigenvalue weighted by Crippen LogP contribution is 2.43. The van der Waals surface area contributed by atoms with Crippen molar-refractivity contribution in [2.45, 2.75) is 0 Å². The highest BCUT2D eigenvalue weighted by atomic mass is 32.2. The van der Waals surface area contributed by atoms with Crippen molar-refractivity contribution < 1.29 is 0 Å².